The summed E-state index contributed by atoms with van der Waals surface area (Å²) < 4.78 is 48.3. The van der Waals surface area contributed by atoms with E-state index >= 15 is 0 Å². The average Bonchev–Trinajstić information content (AvgIpc) is 2.96. The molecule has 1 unspecified atom stereocenters. The third kappa shape index (κ3) is 2.24. The standard InChI is InChI=1S/C11H17F2NO3S/c1-18(16,17)10(5-6-10)9(15)14-7-8-3-2-4-11(8,12)13/h8H,2-7H2,1H3,(H,14,15). The first-order chi connectivity index (χ1) is 8.19. The third-order valence-electron chi connectivity index (χ3n) is 4.00. The fourth-order valence-corrected chi connectivity index (χ4v) is 3.76. The van der Waals surface area contributed by atoms with Gasteiger partial charge >= 0.3 is 0 Å². The van der Waals surface area contributed by atoms with Crippen LogP contribution >= 0.6 is 0 Å². The van der Waals surface area contributed by atoms with Crippen molar-refractivity contribution < 1.29 is 22.0 Å². The molecule has 2 rings (SSSR count). The van der Waals surface area contributed by atoms with Crippen LogP contribution in [0.2, 0.25) is 0 Å². The maximum Gasteiger partial charge on any atom is 0.252 e. The topological polar surface area (TPSA) is 63.2 Å². The van der Waals surface area contributed by atoms with E-state index in [1.54, 1.807) is 0 Å². The predicted octanol–water partition coefficient (Wildman–Crippen LogP) is 1.12. The number of amides is 1. The molecule has 1 N–H and O–H groups in total. The second-order valence-corrected chi connectivity index (χ2v) is 7.65. The summed E-state index contributed by atoms with van der Waals surface area (Å²) in [5.74, 6) is -4.22. The van der Waals surface area contributed by atoms with E-state index in [1.807, 2.05) is 0 Å². The molecule has 0 spiro atoms. The summed E-state index contributed by atoms with van der Waals surface area (Å²) in [6, 6.07) is 0. The lowest BCUT2D eigenvalue weighted by molar-refractivity contribution is -0.122. The lowest BCUT2D eigenvalue weighted by atomic mass is 10.1. The summed E-state index contributed by atoms with van der Waals surface area (Å²) in [4.78, 5) is 11.8. The molecule has 0 bridgehead atoms. The van der Waals surface area contributed by atoms with Crippen molar-refractivity contribution in [1.82, 2.24) is 5.32 Å². The molecular formula is C11H17F2NO3S. The zero-order valence-electron chi connectivity index (χ0n) is 10.2. The number of hydrogen-bond acceptors (Lipinski definition) is 3. The molecule has 0 radical (unpaired) electrons. The Morgan fingerprint density at radius 3 is 2.33 bits per heavy atom. The number of nitrogens with one attached hydrogen (secondary N) is 1. The van der Waals surface area contributed by atoms with Gasteiger partial charge in [-0.1, -0.05) is 0 Å². The highest BCUT2D eigenvalue weighted by atomic mass is 32.2. The van der Waals surface area contributed by atoms with Gasteiger partial charge in [0, 0.05) is 25.1 Å². The lowest BCUT2D eigenvalue weighted by Gasteiger charge is -2.21. The van der Waals surface area contributed by atoms with Crippen molar-refractivity contribution in [2.24, 2.45) is 5.92 Å². The Kier molecular flexibility index (Phi) is 3.16. The first-order valence-electron chi connectivity index (χ1n) is 6.05. The normalized spacial score (nSPS) is 28.9. The third-order valence-corrected chi connectivity index (χ3v) is 6.01. The molecule has 4 nitrogen and oxygen atoms in total. The van der Waals surface area contributed by atoms with Gasteiger partial charge in [0.2, 0.25) is 5.91 Å². The van der Waals surface area contributed by atoms with Gasteiger partial charge in [-0.2, -0.15) is 0 Å². The van der Waals surface area contributed by atoms with Crippen LogP contribution in [0, 0.1) is 5.92 Å². The second-order valence-electron chi connectivity index (χ2n) is 5.33. The van der Waals surface area contributed by atoms with E-state index < -0.39 is 32.3 Å². The Labute approximate surface area is 105 Å². The van der Waals surface area contributed by atoms with Crippen LogP contribution in [0.15, 0.2) is 0 Å². The molecule has 1 atom stereocenters. The molecule has 2 saturated carbocycles. The quantitative estimate of drug-likeness (QED) is 0.839. The molecule has 0 aliphatic heterocycles. The van der Waals surface area contributed by atoms with Crippen LogP contribution in [0.1, 0.15) is 32.1 Å². The van der Waals surface area contributed by atoms with Gasteiger partial charge in [0.05, 0.1) is 0 Å². The van der Waals surface area contributed by atoms with E-state index in [4.69, 9.17) is 0 Å². The summed E-state index contributed by atoms with van der Waals surface area (Å²) in [7, 11) is -3.46. The zero-order valence-corrected chi connectivity index (χ0v) is 11.0. The number of alkyl halides is 2. The molecule has 0 heterocycles. The summed E-state index contributed by atoms with van der Waals surface area (Å²) in [5.41, 5.74) is 0. The zero-order chi connectivity index (χ0) is 13.6. The van der Waals surface area contributed by atoms with Crippen molar-refractivity contribution in [2.75, 3.05) is 12.8 Å². The van der Waals surface area contributed by atoms with Crippen LogP contribution in [0.4, 0.5) is 8.78 Å². The van der Waals surface area contributed by atoms with E-state index in [9.17, 15) is 22.0 Å². The summed E-state index contributed by atoms with van der Waals surface area (Å²) in [6.07, 6.45) is 2.27. The van der Waals surface area contributed by atoms with Crippen LogP contribution in [-0.2, 0) is 14.6 Å². The number of halogens is 2. The Morgan fingerprint density at radius 1 is 1.33 bits per heavy atom. The Bertz CT molecular complexity index is 457. The van der Waals surface area contributed by atoms with Gasteiger partial charge in [0.15, 0.2) is 14.6 Å². The summed E-state index contributed by atoms with van der Waals surface area (Å²) >= 11 is 0. The van der Waals surface area contributed by atoms with Crippen molar-refractivity contribution in [1.29, 1.82) is 0 Å². The average molecular weight is 281 g/mol. The molecule has 18 heavy (non-hydrogen) atoms. The fraction of sp³-hybridized carbons (Fsp3) is 0.909. The van der Waals surface area contributed by atoms with E-state index in [-0.39, 0.29) is 13.0 Å². The molecular weight excluding hydrogens is 264 g/mol. The summed E-state index contributed by atoms with van der Waals surface area (Å²) in [6.45, 7) is -0.136. The van der Waals surface area contributed by atoms with Crippen LogP contribution in [0.3, 0.4) is 0 Å². The smallest absolute Gasteiger partial charge is 0.252 e. The maximum absolute atomic E-state index is 13.3. The second kappa shape index (κ2) is 4.15. The van der Waals surface area contributed by atoms with Crippen molar-refractivity contribution in [3.63, 3.8) is 0 Å². The maximum atomic E-state index is 13.3. The molecule has 2 aliphatic rings. The van der Waals surface area contributed by atoms with Gasteiger partial charge in [-0.05, 0) is 25.7 Å². The first-order valence-corrected chi connectivity index (χ1v) is 7.94. The molecule has 0 saturated heterocycles. The number of hydrogen-bond donors (Lipinski definition) is 1. The van der Waals surface area contributed by atoms with Gasteiger partial charge < -0.3 is 5.32 Å². The molecule has 2 aliphatic carbocycles. The van der Waals surface area contributed by atoms with Crippen LogP contribution < -0.4 is 5.32 Å². The lowest BCUT2D eigenvalue weighted by Crippen LogP contribution is -2.44. The monoisotopic (exact) mass is 281 g/mol. The van der Waals surface area contributed by atoms with Gasteiger partial charge in [-0.15, -0.1) is 0 Å². The molecule has 104 valence electrons. The minimum absolute atomic E-state index is 0.136. The highest BCUT2D eigenvalue weighted by molar-refractivity contribution is 7.93. The molecule has 1 amide bonds. The van der Waals surface area contributed by atoms with Gasteiger partial charge in [0.1, 0.15) is 0 Å². The highest BCUT2D eigenvalue weighted by Crippen LogP contribution is 2.44. The van der Waals surface area contributed by atoms with Gasteiger partial charge in [-0.25, -0.2) is 17.2 Å². The van der Waals surface area contributed by atoms with E-state index in [1.165, 1.54) is 0 Å². The molecule has 2 fully saturated rings. The minimum atomic E-state index is -3.46. The van der Waals surface area contributed by atoms with Crippen molar-refractivity contribution in [3.05, 3.63) is 0 Å². The predicted molar refractivity (Wildman–Crippen MR) is 62.1 cm³/mol. The SMILES string of the molecule is CS(=O)(=O)C1(C(=O)NCC2CCCC2(F)F)CC1. The van der Waals surface area contributed by atoms with Crippen molar-refractivity contribution in [2.45, 2.75) is 42.8 Å². The number of sulfone groups is 1. The Hall–Kier alpha value is -0.720. The van der Waals surface area contributed by atoms with Gasteiger partial charge in [0.25, 0.3) is 5.92 Å². The molecule has 0 aromatic heterocycles. The number of carbonyl (C=O) groups excluding carboxylic acids is 1. The summed E-state index contributed by atoms with van der Waals surface area (Å²) in [5, 5.41) is 2.39. The van der Waals surface area contributed by atoms with E-state index in [0.717, 1.165) is 6.26 Å². The molecule has 7 heteroatoms. The van der Waals surface area contributed by atoms with E-state index in [0.29, 0.717) is 25.7 Å². The Balaban J connectivity index is 1.94. The van der Waals surface area contributed by atoms with Crippen LogP contribution in [-0.4, -0.2) is 37.8 Å². The fourth-order valence-electron chi connectivity index (χ4n) is 2.51. The largest absolute Gasteiger partial charge is 0.354 e. The number of carbonyl (C=O) groups is 1. The highest BCUT2D eigenvalue weighted by Gasteiger charge is 2.58. The Morgan fingerprint density at radius 2 is 1.94 bits per heavy atom. The van der Waals surface area contributed by atoms with Crippen molar-refractivity contribution in [3.8, 4) is 0 Å². The van der Waals surface area contributed by atoms with Gasteiger partial charge in [-0.3, -0.25) is 4.79 Å². The van der Waals surface area contributed by atoms with Crippen LogP contribution in [0.5, 0.6) is 0 Å². The first kappa shape index (κ1) is 13.7. The van der Waals surface area contributed by atoms with E-state index in [2.05, 4.69) is 5.32 Å². The minimum Gasteiger partial charge on any atom is -0.354 e. The molecule has 0 aromatic rings. The van der Waals surface area contributed by atoms with Crippen LogP contribution in [0.25, 0.3) is 0 Å². The molecule has 0 aromatic carbocycles. The number of rotatable bonds is 4. The van der Waals surface area contributed by atoms with Crippen molar-refractivity contribution >= 4 is 15.7 Å².